The molecule has 0 spiro atoms. The third-order valence-corrected chi connectivity index (χ3v) is 5.50. The predicted octanol–water partition coefficient (Wildman–Crippen LogP) is 2.68. The van der Waals surface area contributed by atoms with Crippen LogP contribution in [0.1, 0.15) is 23.4 Å². The highest BCUT2D eigenvalue weighted by atomic mass is 32.1. The van der Waals surface area contributed by atoms with Crippen molar-refractivity contribution in [2.24, 2.45) is 0 Å². The van der Waals surface area contributed by atoms with Crippen LogP contribution in [0.3, 0.4) is 0 Å². The van der Waals surface area contributed by atoms with Crippen LogP contribution in [0.5, 0.6) is 0 Å². The summed E-state index contributed by atoms with van der Waals surface area (Å²) in [5, 5.41) is 10.2. The standard InChI is InChI=1S/C19H21N5OS/c20-19-21-14(12-26-19)6-7-17(25)24-10-8-15-16(9-11-24)22-23-18(15)13-4-2-1-3-5-13/h1-5,12H,6-11H2,(H2,20,21)(H,22,23). The first-order valence-electron chi connectivity index (χ1n) is 8.80. The number of carbonyl (C=O) groups excluding carboxylic acids is 1. The summed E-state index contributed by atoms with van der Waals surface area (Å²) < 4.78 is 0. The summed E-state index contributed by atoms with van der Waals surface area (Å²) in [6, 6.07) is 10.2. The Morgan fingerprint density at radius 1 is 1.23 bits per heavy atom. The quantitative estimate of drug-likeness (QED) is 0.742. The van der Waals surface area contributed by atoms with Crippen LogP contribution in [0, 0.1) is 0 Å². The Morgan fingerprint density at radius 3 is 2.81 bits per heavy atom. The van der Waals surface area contributed by atoms with E-state index in [1.165, 1.54) is 16.9 Å². The van der Waals surface area contributed by atoms with Gasteiger partial charge in [-0.25, -0.2) is 4.98 Å². The lowest BCUT2D eigenvalue weighted by Gasteiger charge is -2.20. The van der Waals surface area contributed by atoms with Crippen LogP contribution in [0.4, 0.5) is 5.13 Å². The number of aromatic amines is 1. The second-order valence-electron chi connectivity index (χ2n) is 6.45. The van der Waals surface area contributed by atoms with Gasteiger partial charge >= 0.3 is 0 Å². The summed E-state index contributed by atoms with van der Waals surface area (Å²) in [4.78, 5) is 18.8. The van der Waals surface area contributed by atoms with E-state index in [0.29, 0.717) is 18.0 Å². The van der Waals surface area contributed by atoms with Crippen molar-refractivity contribution >= 4 is 22.4 Å². The van der Waals surface area contributed by atoms with E-state index in [1.54, 1.807) is 0 Å². The number of nitrogens with one attached hydrogen (secondary N) is 1. The average molecular weight is 367 g/mol. The molecular weight excluding hydrogens is 346 g/mol. The van der Waals surface area contributed by atoms with Crippen molar-refractivity contribution in [3.05, 3.63) is 52.7 Å². The van der Waals surface area contributed by atoms with Gasteiger partial charge in [0.15, 0.2) is 5.13 Å². The van der Waals surface area contributed by atoms with Crippen LogP contribution in [0.25, 0.3) is 11.3 Å². The van der Waals surface area contributed by atoms with Gasteiger partial charge < -0.3 is 10.6 Å². The second kappa shape index (κ2) is 7.29. The monoisotopic (exact) mass is 367 g/mol. The minimum atomic E-state index is 0.177. The van der Waals surface area contributed by atoms with E-state index in [1.807, 2.05) is 28.5 Å². The van der Waals surface area contributed by atoms with E-state index in [9.17, 15) is 4.79 Å². The largest absolute Gasteiger partial charge is 0.375 e. The van der Waals surface area contributed by atoms with Crippen molar-refractivity contribution in [1.29, 1.82) is 0 Å². The Labute approximate surface area is 156 Å². The topological polar surface area (TPSA) is 87.9 Å². The van der Waals surface area contributed by atoms with Gasteiger partial charge in [-0.1, -0.05) is 30.3 Å². The summed E-state index contributed by atoms with van der Waals surface area (Å²) in [5.41, 5.74) is 11.1. The number of benzene rings is 1. The minimum Gasteiger partial charge on any atom is -0.375 e. The fourth-order valence-electron chi connectivity index (χ4n) is 3.40. The molecule has 1 aliphatic heterocycles. The molecular formula is C19H21N5OS. The highest BCUT2D eigenvalue weighted by Gasteiger charge is 2.22. The smallest absolute Gasteiger partial charge is 0.222 e. The number of nitrogens with two attached hydrogens (primary N) is 1. The van der Waals surface area contributed by atoms with Gasteiger partial charge in [-0.2, -0.15) is 5.10 Å². The summed E-state index contributed by atoms with van der Waals surface area (Å²) in [7, 11) is 0. The van der Waals surface area contributed by atoms with E-state index in [-0.39, 0.29) is 5.91 Å². The Hall–Kier alpha value is -2.67. The number of thiazole rings is 1. The molecule has 2 aromatic heterocycles. The summed E-state index contributed by atoms with van der Waals surface area (Å²) in [5.74, 6) is 0.177. The molecule has 3 aromatic rings. The van der Waals surface area contributed by atoms with Crippen LogP contribution in [-0.4, -0.2) is 39.1 Å². The number of hydrogen-bond acceptors (Lipinski definition) is 5. The van der Waals surface area contributed by atoms with Crippen LogP contribution < -0.4 is 5.73 Å². The fraction of sp³-hybridized carbons (Fsp3) is 0.316. The lowest BCUT2D eigenvalue weighted by molar-refractivity contribution is -0.131. The second-order valence-corrected chi connectivity index (χ2v) is 7.34. The molecule has 0 bridgehead atoms. The van der Waals surface area contributed by atoms with E-state index < -0.39 is 0 Å². The number of nitrogens with zero attached hydrogens (tertiary/aromatic N) is 3. The van der Waals surface area contributed by atoms with Crippen molar-refractivity contribution in [3.8, 4) is 11.3 Å². The van der Waals surface area contributed by atoms with Crippen molar-refractivity contribution in [1.82, 2.24) is 20.1 Å². The third kappa shape index (κ3) is 3.48. The van der Waals surface area contributed by atoms with Crippen molar-refractivity contribution < 1.29 is 4.79 Å². The molecule has 0 aliphatic carbocycles. The molecule has 0 radical (unpaired) electrons. The van der Waals surface area contributed by atoms with Crippen LogP contribution in [0.15, 0.2) is 35.7 Å². The van der Waals surface area contributed by atoms with Gasteiger partial charge in [-0.3, -0.25) is 9.89 Å². The van der Waals surface area contributed by atoms with Gasteiger partial charge in [0.1, 0.15) is 0 Å². The summed E-state index contributed by atoms with van der Waals surface area (Å²) >= 11 is 1.42. The highest BCUT2D eigenvalue weighted by molar-refractivity contribution is 7.13. The fourth-order valence-corrected chi connectivity index (χ4v) is 3.99. The van der Waals surface area contributed by atoms with E-state index in [0.717, 1.165) is 48.6 Å². The summed E-state index contributed by atoms with van der Waals surface area (Å²) in [6.45, 7) is 1.45. The van der Waals surface area contributed by atoms with Gasteiger partial charge in [0, 0.05) is 48.1 Å². The number of rotatable bonds is 4. The first-order chi connectivity index (χ1) is 12.7. The molecule has 1 amide bonds. The third-order valence-electron chi connectivity index (χ3n) is 4.78. The molecule has 0 fully saturated rings. The Balaban J connectivity index is 1.42. The predicted molar refractivity (Wildman–Crippen MR) is 103 cm³/mol. The molecule has 3 heterocycles. The highest BCUT2D eigenvalue weighted by Crippen LogP contribution is 2.26. The molecule has 1 aromatic carbocycles. The maximum Gasteiger partial charge on any atom is 0.222 e. The maximum atomic E-state index is 12.6. The van der Waals surface area contributed by atoms with Crippen LogP contribution in [-0.2, 0) is 24.1 Å². The minimum absolute atomic E-state index is 0.177. The molecule has 0 saturated carbocycles. The van der Waals surface area contributed by atoms with Gasteiger partial charge in [-0.15, -0.1) is 11.3 Å². The number of anilines is 1. The molecule has 0 atom stereocenters. The number of aryl methyl sites for hydroxylation is 1. The Bertz CT molecular complexity index is 902. The van der Waals surface area contributed by atoms with Gasteiger partial charge in [0.05, 0.1) is 11.4 Å². The maximum absolute atomic E-state index is 12.6. The number of nitrogen functional groups attached to an aromatic ring is 1. The SMILES string of the molecule is Nc1nc(CCC(=O)N2CCc3[nH]nc(-c4ccccc4)c3CC2)cs1. The Morgan fingerprint density at radius 2 is 2.04 bits per heavy atom. The van der Waals surface area contributed by atoms with Crippen LogP contribution in [0.2, 0.25) is 0 Å². The van der Waals surface area contributed by atoms with E-state index in [2.05, 4.69) is 27.3 Å². The number of H-pyrrole nitrogens is 1. The number of fused-ring (bicyclic) bond motifs is 1. The molecule has 0 saturated heterocycles. The molecule has 6 nitrogen and oxygen atoms in total. The van der Waals surface area contributed by atoms with Crippen molar-refractivity contribution in [3.63, 3.8) is 0 Å². The average Bonchev–Trinajstić information content (AvgIpc) is 3.20. The molecule has 26 heavy (non-hydrogen) atoms. The molecule has 3 N–H and O–H groups in total. The first-order valence-corrected chi connectivity index (χ1v) is 9.68. The van der Waals surface area contributed by atoms with Crippen molar-refractivity contribution in [2.75, 3.05) is 18.8 Å². The molecule has 4 rings (SSSR count). The Kier molecular flexibility index (Phi) is 4.71. The zero-order valence-electron chi connectivity index (χ0n) is 14.4. The molecule has 134 valence electrons. The first kappa shape index (κ1) is 16.8. The number of aromatic nitrogens is 3. The normalized spacial score (nSPS) is 14.1. The van der Waals surface area contributed by atoms with Gasteiger partial charge in [0.2, 0.25) is 5.91 Å². The van der Waals surface area contributed by atoms with Gasteiger partial charge in [-0.05, 0) is 12.8 Å². The van der Waals surface area contributed by atoms with Crippen molar-refractivity contribution in [2.45, 2.75) is 25.7 Å². The lowest BCUT2D eigenvalue weighted by atomic mass is 10.0. The lowest BCUT2D eigenvalue weighted by Crippen LogP contribution is -2.33. The molecule has 1 aliphatic rings. The zero-order valence-corrected chi connectivity index (χ0v) is 15.3. The molecule has 7 heteroatoms. The van der Waals surface area contributed by atoms with E-state index in [4.69, 9.17) is 5.73 Å². The molecule has 0 unspecified atom stereocenters. The van der Waals surface area contributed by atoms with E-state index >= 15 is 0 Å². The zero-order chi connectivity index (χ0) is 17.9. The summed E-state index contributed by atoms with van der Waals surface area (Å²) in [6.07, 6.45) is 2.75. The van der Waals surface area contributed by atoms with Gasteiger partial charge in [0.25, 0.3) is 0 Å². The number of amides is 1. The number of carbonyl (C=O) groups is 1. The number of hydrogen-bond donors (Lipinski definition) is 2. The van der Waals surface area contributed by atoms with Crippen LogP contribution >= 0.6 is 11.3 Å².